The second-order valence-electron chi connectivity index (χ2n) is 4.51. The average molecular weight is 355 g/mol. The summed E-state index contributed by atoms with van der Waals surface area (Å²) in [5.41, 5.74) is 0.750. The number of anilines is 1. The summed E-state index contributed by atoms with van der Waals surface area (Å²) in [6.07, 6.45) is 1.95. The van der Waals surface area contributed by atoms with Gasteiger partial charge in [0.15, 0.2) is 0 Å². The molecule has 1 N–H and O–H groups in total. The van der Waals surface area contributed by atoms with Crippen molar-refractivity contribution in [2.24, 2.45) is 0 Å². The lowest BCUT2D eigenvalue weighted by atomic mass is 10.3. The summed E-state index contributed by atoms with van der Waals surface area (Å²) in [6, 6.07) is 10.9. The van der Waals surface area contributed by atoms with Crippen LogP contribution in [0.25, 0.3) is 0 Å². The van der Waals surface area contributed by atoms with Crippen LogP contribution >= 0.6 is 34.7 Å². The van der Waals surface area contributed by atoms with Crippen LogP contribution in [0.1, 0.15) is 9.67 Å². The van der Waals surface area contributed by atoms with E-state index >= 15 is 0 Å². The first-order valence-corrected chi connectivity index (χ1v) is 8.87. The van der Waals surface area contributed by atoms with Crippen LogP contribution in [0, 0.1) is 0 Å². The molecule has 0 bridgehead atoms. The second-order valence-corrected chi connectivity index (χ2v) is 7.08. The van der Waals surface area contributed by atoms with Crippen molar-refractivity contribution in [2.75, 3.05) is 25.2 Å². The number of halogens is 1. The number of nitrogens with zero attached hydrogens (tertiary/aromatic N) is 1. The maximum absolute atomic E-state index is 12.2. The highest BCUT2D eigenvalue weighted by atomic mass is 35.5. The lowest BCUT2D eigenvalue weighted by Crippen LogP contribution is -2.34. The van der Waals surface area contributed by atoms with E-state index in [2.05, 4.69) is 5.32 Å². The third kappa shape index (κ3) is 4.25. The Morgan fingerprint density at radius 1 is 1.27 bits per heavy atom. The zero-order chi connectivity index (χ0) is 16.1. The van der Waals surface area contributed by atoms with Crippen LogP contribution in [0.15, 0.2) is 41.3 Å². The SMILES string of the molecule is CSc1ccccc1NC(=O)CN(C)C(=O)c1ccc(Cl)s1. The summed E-state index contributed by atoms with van der Waals surface area (Å²) in [4.78, 5) is 27.1. The fraction of sp³-hybridized carbons (Fsp3) is 0.200. The van der Waals surface area contributed by atoms with E-state index in [4.69, 9.17) is 11.6 Å². The highest BCUT2D eigenvalue weighted by molar-refractivity contribution is 7.98. The molecule has 7 heteroatoms. The van der Waals surface area contributed by atoms with Gasteiger partial charge in [0.2, 0.25) is 5.91 Å². The zero-order valence-corrected chi connectivity index (χ0v) is 14.5. The summed E-state index contributed by atoms with van der Waals surface area (Å²) in [5, 5.41) is 2.83. The van der Waals surface area contributed by atoms with Gasteiger partial charge in [-0.25, -0.2) is 0 Å². The summed E-state index contributed by atoms with van der Waals surface area (Å²) in [6.45, 7) is -0.0168. The minimum atomic E-state index is -0.236. The van der Waals surface area contributed by atoms with Gasteiger partial charge in [-0.2, -0.15) is 0 Å². The van der Waals surface area contributed by atoms with Crippen molar-refractivity contribution in [1.82, 2.24) is 4.90 Å². The number of thiophene rings is 1. The van der Waals surface area contributed by atoms with Gasteiger partial charge in [0, 0.05) is 11.9 Å². The Labute approximate surface area is 142 Å². The lowest BCUT2D eigenvalue weighted by molar-refractivity contribution is -0.116. The van der Waals surface area contributed by atoms with Crippen LogP contribution in [-0.2, 0) is 4.79 Å². The van der Waals surface area contributed by atoms with Crippen LogP contribution in [0.2, 0.25) is 4.34 Å². The number of nitrogens with one attached hydrogen (secondary N) is 1. The van der Waals surface area contributed by atoms with E-state index in [1.54, 1.807) is 30.9 Å². The molecule has 2 aromatic rings. The van der Waals surface area contributed by atoms with E-state index in [0.29, 0.717) is 9.21 Å². The van der Waals surface area contributed by atoms with E-state index < -0.39 is 0 Å². The van der Waals surface area contributed by atoms with Crippen LogP contribution < -0.4 is 5.32 Å². The highest BCUT2D eigenvalue weighted by Gasteiger charge is 2.17. The van der Waals surface area contributed by atoms with Crippen molar-refractivity contribution >= 4 is 52.2 Å². The van der Waals surface area contributed by atoms with Gasteiger partial charge in [0.1, 0.15) is 0 Å². The smallest absolute Gasteiger partial charge is 0.264 e. The molecule has 0 aliphatic carbocycles. The Bertz CT molecular complexity index is 688. The molecule has 0 aliphatic rings. The first-order valence-electron chi connectivity index (χ1n) is 6.45. The van der Waals surface area contributed by atoms with Crippen LogP contribution in [-0.4, -0.2) is 36.6 Å². The molecule has 0 atom stereocenters. The summed E-state index contributed by atoms with van der Waals surface area (Å²) in [7, 11) is 1.59. The minimum Gasteiger partial charge on any atom is -0.332 e. The lowest BCUT2D eigenvalue weighted by Gasteiger charge is -2.16. The molecule has 0 spiro atoms. The van der Waals surface area contributed by atoms with Gasteiger partial charge >= 0.3 is 0 Å². The summed E-state index contributed by atoms with van der Waals surface area (Å²) < 4.78 is 0.551. The molecular formula is C15H15ClN2O2S2. The predicted molar refractivity (Wildman–Crippen MR) is 93.1 cm³/mol. The number of para-hydroxylation sites is 1. The molecular weight excluding hydrogens is 340 g/mol. The first kappa shape index (κ1) is 16.9. The van der Waals surface area contributed by atoms with Crippen molar-refractivity contribution in [2.45, 2.75) is 4.90 Å². The quantitative estimate of drug-likeness (QED) is 0.830. The number of hydrogen-bond acceptors (Lipinski definition) is 4. The molecule has 1 aromatic heterocycles. The Balaban J connectivity index is 1.98. The van der Waals surface area contributed by atoms with Gasteiger partial charge in [0.05, 0.1) is 21.4 Å². The largest absolute Gasteiger partial charge is 0.332 e. The monoisotopic (exact) mass is 354 g/mol. The fourth-order valence-electron chi connectivity index (χ4n) is 1.84. The Morgan fingerprint density at radius 3 is 2.64 bits per heavy atom. The van der Waals surface area contributed by atoms with E-state index in [0.717, 1.165) is 10.6 Å². The van der Waals surface area contributed by atoms with E-state index in [1.807, 2.05) is 30.5 Å². The van der Waals surface area contributed by atoms with Gasteiger partial charge in [-0.1, -0.05) is 23.7 Å². The molecule has 0 aliphatic heterocycles. The number of rotatable bonds is 5. The number of carbonyl (C=O) groups is 2. The van der Waals surface area contributed by atoms with Crippen molar-refractivity contribution in [3.63, 3.8) is 0 Å². The third-order valence-corrected chi connectivity index (χ3v) is 4.91. The number of carbonyl (C=O) groups excluding carboxylic acids is 2. The van der Waals surface area contributed by atoms with Crippen LogP contribution in [0.3, 0.4) is 0 Å². The van der Waals surface area contributed by atoms with E-state index in [1.165, 1.54) is 16.2 Å². The van der Waals surface area contributed by atoms with E-state index in [-0.39, 0.29) is 18.4 Å². The van der Waals surface area contributed by atoms with Gasteiger partial charge in [0.25, 0.3) is 5.91 Å². The second kappa shape index (κ2) is 7.67. The van der Waals surface area contributed by atoms with Crippen molar-refractivity contribution in [1.29, 1.82) is 0 Å². The Morgan fingerprint density at radius 2 is 2.00 bits per heavy atom. The van der Waals surface area contributed by atoms with Gasteiger partial charge in [-0.05, 0) is 30.5 Å². The molecule has 0 saturated carbocycles. The third-order valence-electron chi connectivity index (χ3n) is 2.89. The number of benzene rings is 1. The Kier molecular flexibility index (Phi) is 5.88. The topological polar surface area (TPSA) is 49.4 Å². The van der Waals surface area contributed by atoms with Gasteiger partial charge in [-0.15, -0.1) is 23.1 Å². The first-order chi connectivity index (χ1) is 10.5. The molecule has 2 rings (SSSR count). The standard InChI is InChI=1S/C15H15ClN2O2S2/c1-18(15(20)12-7-8-13(16)22-12)9-14(19)17-10-5-3-4-6-11(10)21-2/h3-8H,9H2,1-2H3,(H,17,19). The van der Waals surface area contributed by atoms with E-state index in [9.17, 15) is 9.59 Å². The fourth-order valence-corrected chi connectivity index (χ4v) is 3.43. The number of thioether (sulfide) groups is 1. The molecule has 4 nitrogen and oxygen atoms in total. The molecule has 1 heterocycles. The molecule has 0 unspecified atom stereocenters. The molecule has 2 amide bonds. The average Bonchev–Trinajstić information content (AvgIpc) is 2.93. The molecule has 1 aromatic carbocycles. The summed E-state index contributed by atoms with van der Waals surface area (Å²) >= 11 is 8.58. The normalized spacial score (nSPS) is 10.3. The number of likely N-dealkylation sites (N-methyl/N-ethyl adjacent to an activating group) is 1. The van der Waals surface area contributed by atoms with Gasteiger partial charge in [-0.3, -0.25) is 9.59 Å². The van der Waals surface area contributed by atoms with Crippen LogP contribution in [0.5, 0.6) is 0 Å². The Hall–Kier alpha value is -1.50. The number of amides is 2. The highest BCUT2D eigenvalue weighted by Crippen LogP contribution is 2.25. The molecule has 22 heavy (non-hydrogen) atoms. The molecule has 0 saturated heterocycles. The van der Waals surface area contributed by atoms with Crippen molar-refractivity contribution in [3.8, 4) is 0 Å². The maximum atomic E-state index is 12.2. The van der Waals surface area contributed by atoms with Crippen molar-refractivity contribution in [3.05, 3.63) is 45.6 Å². The number of hydrogen-bond donors (Lipinski definition) is 1. The zero-order valence-electron chi connectivity index (χ0n) is 12.1. The van der Waals surface area contributed by atoms with Crippen LogP contribution in [0.4, 0.5) is 5.69 Å². The maximum Gasteiger partial charge on any atom is 0.264 e. The summed E-state index contributed by atoms with van der Waals surface area (Å²) in [5.74, 6) is -0.454. The molecule has 0 radical (unpaired) electrons. The molecule has 0 fully saturated rings. The van der Waals surface area contributed by atoms with Gasteiger partial charge < -0.3 is 10.2 Å². The molecule has 116 valence electrons. The minimum absolute atomic E-state index is 0.0168. The van der Waals surface area contributed by atoms with Crippen molar-refractivity contribution < 1.29 is 9.59 Å². The predicted octanol–water partition coefficient (Wildman–Crippen LogP) is 3.83.